The molecule has 0 radical (unpaired) electrons. The Hall–Kier alpha value is -4.68. The molecule has 7 rings (SSSR count). The highest BCUT2D eigenvalue weighted by Gasteiger charge is 2.77. The van der Waals surface area contributed by atoms with E-state index in [1.165, 1.54) is 24.3 Å². The lowest BCUT2D eigenvalue weighted by molar-refractivity contribution is -0.141. The highest BCUT2D eigenvalue weighted by molar-refractivity contribution is 6.58. The molecule has 290 valence electrons. The second-order valence-electron chi connectivity index (χ2n) is 13.1. The number of hydrazine groups is 1. The van der Waals surface area contributed by atoms with E-state index in [1.807, 2.05) is 0 Å². The summed E-state index contributed by atoms with van der Waals surface area (Å²) in [6, 6.07) is 5.23. The van der Waals surface area contributed by atoms with E-state index >= 15 is 8.78 Å². The molecule has 3 heterocycles. The van der Waals surface area contributed by atoms with E-state index in [0.29, 0.717) is 16.1 Å². The fourth-order valence-electron chi connectivity index (χ4n) is 8.04. The molecule has 2 aromatic carbocycles. The van der Waals surface area contributed by atoms with Gasteiger partial charge < -0.3 is 9.84 Å². The number of aromatic hydroxyl groups is 1. The third-order valence-corrected chi connectivity index (χ3v) is 12.2. The van der Waals surface area contributed by atoms with Gasteiger partial charge in [-0.1, -0.05) is 35.4 Å². The van der Waals surface area contributed by atoms with Gasteiger partial charge >= 0.3 is 6.18 Å². The van der Waals surface area contributed by atoms with Crippen LogP contribution in [0.5, 0.6) is 11.5 Å². The number of rotatable bonds is 5. The highest BCUT2D eigenvalue weighted by atomic mass is 35.5. The predicted octanol–water partition coefficient (Wildman–Crippen LogP) is 6.78. The predicted molar refractivity (Wildman–Crippen MR) is 176 cm³/mol. The number of nitrogens with zero attached hydrogens (tertiary/aromatic N) is 4. The summed E-state index contributed by atoms with van der Waals surface area (Å²) in [6.45, 7) is 0. The normalized spacial score (nSPS) is 27.6. The minimum absolute atomic E-state index is 0.00244. The number of benzene rings is 2. The zero-order chi connectivity index (χ0) is 40.4. The van der Waals surface area contributed by atoms with Gasteiger partial charge in [-0.3, -0.25) is 24.2 Å². The lowest BCUT2D eigenvalue weighted by Crippen LogP contribution is -2.60. The zero-order valence-corrected chi connectivity index (χ0v) is 29.9. The lowest BCUT2D eigenvalue weighted by atomic mass is 9.56. The maximum absolute atomic E-state index is 15.3. The average molecular weight is 840 g/mol. The van der Waals surface area contributed by atoms with Gasteiger partial charge in [-0.25, -0.2) is 31.8 Å². The molecule has 3 fully saturated rings. The SMILES string of the molecule is COc1cccc(C2C3=CCC4C(=O)N(N(C)c5nc(C(F)(F)F)ccc5Cl)C(=O)C4C3CC3(Cl)C(=O)N(c4c(F)c(F)c(F)c(F)c4F)C(=O)C23Cl)c1O. The Kier molecular flexibility index (Phi) is 8.89. The Morgan fingerprint density at radius 3 is 2.13 bits per heavy atom. The van der Waals surface area contributed by atoms with Crippen LogP contribution in [0.25, 0.3) is 0 Å². The number of anilines is 2. The van der Waals surface area contributed by atoms with Crippen molar-refractivity contribution in [3.8, 4) is 11.5 Å². The number of phenolic OH excluding ortho intramolecular Hbond substituents is 1. The van der Waals surface area contributed by atoms with Crippen molar-refractivity contribution < 1.29 is 64.1 Å². The number of fused-ring (bicyclic) bond motifs is 4. The summed E-state index contributed by atoms with van der Waals surface area (Å²) in [5.41, 5.74) is -3.69. The summed E-state index contributed by atoms with van der Waals surface area (Å²) in [5.74, 6) is -25.9. The van der Waals surface area contributed by atoms with Crippen LogP contribution in [0.15, 0.2) is 42.0 Å². The Balaban J connectivity index is 1.40. The Morgan fingerprint density at radius 1 is 0.909 bits per heavy atom. The third-order valence-electron chi connectivity index (χ3n) is 10.5. The van der Waals surface area contributed by atoms with Crippen LogP contribution in [0.4, 0.5) is 46.6 Å². The molecule has 2 aliphatic carbocycles. The van der Waals surface area contributed by atoms with Crippen LogP contribution >= 0.6 is 34.8 Å². The minimum atomic E-state index is -4.95. The molecule has 1 N–H and O–H groups in total. The number of phenols is 1. The van der Waals surface area contributed by atoms with Crippen LogP contribution in [0.1, 0.15) is 30.0 Å². The smallest absolute Gasteiger partial charge is 0.433 e. The van der Waals surface area contributed by atoms with Crippen molar-refractivity contribution in [1.29, 1.82) is 0 Å². The summed E-state index contributed by atoms with van der Waals surface area (Å²) in [4.78, 5) is 54.3. The van der Waals surface area contributed by atoms with Gasteiger partial charge in [0.2, 0.25) is 5.82 Å². The maximum atomic E-state index is 15.3. The Morgan fingerprint density at radius 2 is 1.53 bits per heavy atom. The second-order valence-corrected chi connectivity index (χ2v) is 14.8. The van der Waals surface area contributed by atoms with Crippen molar-refractivity contribution in [2.24, 2.45) is 17.8 Å². The van der Waals surface area contributed by atoms with E-state index in [1.54, 1.807) is 0 Å². The average Bonchev–Trinajstić information content (AvgIpc) is 3.47. The third kappa shape index (κ3) is 5.09. The first-order valence-electron chi connectivity index (χ1n) is 15.8. The van der Waals surface area contributed by atoms with Crippen molar-refractivity contribution in [2.45, 2.75) is 34.7 Å². The molecule has 1 aromatic heterocycles. The Labute approximate surface area is 318 Å². The standard InChI is InChI=1S/C34H21Cl3F8N4O6/c1-47(27-15(35)8-9-17(46-27)34(43,44)45)49-28(51)12-7-6-11-14(18(12)29(49)52)10-32(36)30(53)48(25-23(41)21(39)20(38)22(40)24(25)42)31(54)33(32,37)19(11)13-4-3-5-16(55-2)26(13)50/h3-6,8-9,12,14,18-19,50H,7,10H2,1-2H3. The summed E-state index contributed by atoms with van der Waals surface area (Å²) in [7, 11) is 2.20. The van der Waals surface area contributed by atoms with Crippen LogP contribution in [0.3, 0.4) is 0 Å². The van der Waals surface area contributed by atoms with Crippen LogP contribution in [-0.2, 0) is 25.4 Å². The molecule has 2 saturated heterocycles. The number of halogens is 11. The molecule has 4 amide bonds. The van der Waals surface area contributed by atoms with Gasteiger partial charge in [-0.2, -0.15) is 18.2 Å². The molecule has 10 nitrogen and oxygen atoms in total. The molecule has 55 heavy (non-hydrogen) atoms. The van der Waals surface area contributed by atoms with E-state index in [4.69, 9.17) is 39.5 Å². The summed E-state index contributed by atoms with van der Waals surface area (Å²) < 4.78 is 119. The number of hydrogen-bond acceptors (Lipinski definition) is 8. The maximum Gasteiger partial charge on any atom is 0.433 e. The number of pyridine rings is 1. The largest absolute Gasteiger partial charge is 0.504 e. The fourth-order valence-corrected chi connectivity index (χ4v) is 9.19. The number of alkyl halides is 5. The molecule has 1 saturated carbocycles. The molecule has 0 spiro atoms. The first-order valence-corrected chi connectivity index (χ1v) is 17.0. The fraction of sp³-hybridized carbons (Fsp3) is 0.324. The number of aromatic nitrogens is 1. The van der Waals surface area contributed by atoms with Crippen molar-refractivity contribution in [2.75, 3.05) is 24.1 Å². The van der Waals surface area contributed by atoms with Crippen LogP contribution in [0.2, 0.25) is 5.02 Å². The van der Waals surface area contributed by atoms with E-state index < -0.39 is 122 Å². The van der Waals surface area contributed by atoms with Crippen LogP contribution in [-0.4, -0.2) is 62.6 Å². The first-order chi connectivity index (χ1) is 25.6. The summed E-state index contributed by atoms with van der Waals surface area (Å²) in [5, 5.41) is 12.2. The number of methoxy groups -OCH3 is 1. The first kappa shape index (κ1) is 38.6. The Bertz CT molecular complexity index is 2270. The number of imide groups is 2. The zero-order valence-electron chi connectivity index (χ0n) is 27.6. The quantitative estimate of drug-likeness (QED) is 0.0747. The number of allylic oxidation sites excluding steroid dienone is 2. The number of carbonyl (C=O) groups is 4. The number of carbonyl (C=O) groups excluding carboxylic acids is 4. The molecule has 3 aromatic rings. The molecule has 0 bridgehead atoms. The monoisotopic (exact) mass is 838 g/mol. The van der Waals surface area contributed by atoms with E-state index in [-0.39, 0.29) is 33.2 Å². The van der Waals surface area contributed by atoms with Gasteiger partial charge in [-0.05, 0) is 37.0 Å². The van der Waals surface area contributed by atoms with E-state index in [0.717, 1.165) is 20.2 Å². The molecular formula is C34H21Cl3F8N4O6. The molecule has 6 unspecified atom stereocenters. The minimum Gasteiger partial charge on any atom is -0.504 e. The lowest BCUT2D eigenvalue weighted by Gasteiger charge is -2.50. The molecule has 4 aliphatic rings. The number of ether oxygens (including phenoxy) is 1. The van der Waals surface area contributed by atoms with Gasteiger partial charge in [0.05, 0.1) is 24.0 Å². The van der Waals surface area contributed by atoms with Crippen molar-refractivity contribution in [1.82, 2.24) is 9.99 Å². The molecular weight excluding hydrogens is 819 g/mol. The summed E-state index contributed by atoms with van der Waals surface area (Å²) in [6.07, 6.45) is -4.77. The molecule has 6 atom stereocenters. The molecule has 21 heteroatoms. The van der Waals surface area contributed by atoms with E-state index in [9.17, 15) is 50.6 Å². The van der Waals surface area contributed by atoms with Crippen LogP contribution < -0.4 is 14.6 Å². The number of hydrogen-bond donors (Lipinski definition) is 1. The number of para-hydroxylation sites is 1. The van der Waals surface area contributed by atoms with Crippen molar-refractivity contribution >= 4 is 69.9 Å². The van der Waals surface area contributed by atoms with Gasteiger partial charge in [-0.15, -0.1) is 23.2 Å². The number of amides is 4. The van der Waals surface area contributed by atoms with Crippen molar-refractivity contribution in [3.63, 3.8) is 0 Å². The topological polar surface area (TPSA) is 120 Å². The van der Waals surface area contributed by atoms with Gasteiger partial charge in [0, 0.05) is 18.5 Å². The van der Waals surface area contributed by atoms with Crippen molar-refractivity contribution in [3.05, 3.63) is 87.3 Å². The molecule has 2 aliphatic heterocycles. The van der Waals surface area contributed by atoms with Gasteiger partial charge in [0.15, 0.2) is 50.3 Å². The van der Waals surface area contributed by atoms with Crippen LogP contribution in [0, 0.1) is 46.8 Å². The van der Waals surface area contributed by atoms with Gasteiger partial charge in [0.25, 0.3) is 23.6 Å². The highest BCUT2D eigenvalue weighted by Crippen LogP contribution is 2.67. The summed E-state index contributed by atoms with van der Waals surface area (Å²) >= 11 is 20.3. The van der Waals surface area contributed by atoms with Gasteiger partial charge in [0.1, 0.15) is 11.4 Å². The van der Waals surface area contributed by atoms with E-state index in [2.05, 4.69) is 4.98 Å². The second kappa shape index (κ2) is 12.7.